The molecule has 9 heteroatoms. The smallest absolute Gasteiger partial charge is 0.316 e. The van der Waals surface area contributed by atoms with Gasteiger partial charge in [-0.25, -0.2) is 4.98 Å². The maximum absolute atomic E-state index is 12.8. The van der Waals surface area contributed by atoms with Crippen LogP contribution in [0, 0.1) is 5.41 Å². The highest BCUT2D eigenvalue weighted by molar-refractivity contribution is 8.01. The Morgan fingerprint density at radius 2 is 2.10 bits per heavy atom. The predicted molar refractivity (Wildman–Crippen MR) is 115 cm³/mol. The van der Waals surface area contributed by atoms with Gasteiger partial charge in [0, 0.05) is 17.6 Å². The van der Waals surface area contributed by atoms with Gasteiger partial charge in [-0.05, 0) is 31.0 Å². The number of benzene rings is 1. The number of nitrogens with zero attached hydrogens (tertiary/aromatic N) is 2. The molecule has 1 aromatic heterocycles. The lowest BCUT2D eigenvalue weighted by Gasteiger charge is -2.30. The number of amides is 2. The second kappa shape index (κ2) is 8.71. The van der Waals surface area contributed by atoms with Gasteiger partial charge in [0.1, 0.15) is 6.04 Å². The van der Waals surface area contributed by atoms with E-state index < -0.39 is 11.5 Å². The number of rotatable bonds is 5. The van der Waals surface area contributed by atoms with Crippen LogP contribution in [0.1, 0.15) is 33.6 Å². The van der Waals surface area contributed by atoms with E-state index in [9.17, 15) is 14.4 Å². The Bertz CT molecular complexity index is 935. The molecule has 1 N–H and O–H groups in total. The zero-order valence-corrected chi connectivity index (χ0v) is 18.6. The molecular formula is C20H25N3O4S2. The fourth-order valence-corrected chi connectivity index (χ4v) is 5.10. The van der Waals surface area contributed by atoms with E-state index in [1.807, 2.05) is 32.9 Å². The Hall–Kier alpha value is -2.13. The first-order chi connectivity index (χ1) is 13.7. The number of anilines is 1. The minimum atomic E-state index is -0.511. The third-order valence-electron chi connectivity index (χ3n) is 4.64. The van der Waals surface area contributed by atoms with Gasteiger partial charge in [0.2, 0.25) is 11.8 Å². The molecule has 0 radical (unpaired) electrons. The van der Waals surface area contributed by atoms with Gasteiger partial charge >= 0.3 is 5.97 Å². The molecule has 1 atom stereocenters. The summed E-state index contributed by atoms with van der Waals surface area (Å²) < 4.78 is 6.34. The number of carbonyl (C=O) groups excluding carboxylic acids is 3. The summed E-state index contributed by atoms with van der Waals surface area (Å²) in [5, 5.41) is 2.95. The first-order valence-electron chi connectivity index (χ1n) is 9.41. The standard InChI is InChI=1S/C20H25N3O4S2/c1-20(2,3)18(26)23-9-5-6-14(23)17(25)21-12-7-8-13-15(10-12)29-19(22-13)28-11-16(24)27-4/h7-8,10,14H,5-6,9,11H2,1-4H3,(H,21,25). The number of fused-ring (bicyclic) bond motifs is 1. The van der Waals surface area contributed by atoms with Crippen molar-refractivity contribution in [3.63, 3.8) is 0 Å². The van der Waals surface area contributed by atoms with Crippen LogP contribution in [-0.4, -0.2) is 53.1 Å². The van der Waals surface area contributed by atoms with E-state index in [4.69, 9.17) is 0 Å². The lowest BCUT2D eigenvalue weighted by molar-refractivity contribution is -0.143. The molecule has 0 bridgehead atoms. The van der Waals surface area contributed by atoms with Crippen molar-refractivity contribution in [1.82, 2.24) is 9.88 Å². The van der Waals surface area contributed by atoms with Gasteiger partial charge in [0.05, 0.1) is 23.1 Å². The number of hydrogen-bond donors (Lipinski definition) is 1. The lowest BCUT2D eigenvalue weighted by atomic mass is 9.94. The fourth-order valence-electron chi connectivity index (χ4n) is 3.16. The molecule has 1 fully saturated rings. The van der Waals surface area contributed by atoms with Crippen molar-refractivity contribution in [2.75, 3.05) is 24.7 Å². The topological polar surface area (TPSA) is 88.6 Å². The largest absolute Gasteiger partial charge is 0.468 e. The van der Waals surface area contributed by atoms with E-state index in [1.54, 1.807) is 11.0 Å². The number of hydrogen-bond acceptors (Lipinski definition) is 7. The maximum Gasteiger partial charge on any atom is 0.316 e. The molecule has 0 spiro atoms. The lowest BCUT2D eigenvalue weighted by Crippen LogP contribution is -2.47. The molecule has 29 heavy (non-hydrogen) atoms. The highest BCUT2D eigenvalue weighted by atomic mass is 32.2. The van der Waals surface area contributed by atoms with Crippen molar-refractivity contribution in [2.45, 2.75) is 44.0 Å². The molecule has 1 aliphatic heterocycles. The van der Waals surface area contributed by atoms with Crippen LogP contribution in [0.3, 0.4) is 0 Å². The van der Waals surface area contributed by atoms with Crippen LogP contribution in [0.2, 0.25) is 0 Å². The summed E-state index contributed by atoms with van der Waals surface area (Å²) in [6, 6.07) is 5.08. The molecule has 1 aliphatic rings. The van der Waals surface area contributed by atoms with Crippen molar-refractivity contribution in [3.05, 3.63) is 18.2 Å². The van der Waals surface area contributed by atoms with Gasteiger partial charge < -0.3 is 15.0 Å². The maximum atomic E-state index is 12.8. The zero-order valence-electron chi connectivity index (χ0n) is 17.0. The summed E-state index contributed by atoms with van der Waals surface area (Å²) in [5.41, 5.74) is 0.972. The molecule has 2 aromatic rings. The fraction of sp³-hybridized carbons (Fsp3) is 0.500. The molecule has 3 rings (SSSR count). The second-order valence-electron chi connectivity index (χ2n) is 7.92. The van der Waals surface area contributed by atoms with Crippen LogP contribution in [0.4, 0.5) is 5.69 Å². The first-order valence-corrected chi connectivity index (χ1v) is 11.2. The number of ether oxygens (including phenoxy) is 1. The van der Waals surface area contributed by atoms with E-state index >= 15 is 0 Å². The summed E-state index contributed by atoms with van der Waals surface area (Å²) in [6.45, 7) is 6.23. The number of esters is 1. The average Bonchev–Trinajstić information content (AvgIpc) is 3.30. The van der Waals surface area contributed by atoms with E-state index in [2.05, 4.69) is 15.0 Å². The predicted octanol–water partition coefficient (Wildman–Crippen LogP) is 3.54. The van der Waals surface area contributed by atoms with Crippen LogP contribution < -0.4 is 5.32 Å². The molecule has 7 nitrogen and oxygen atoms in total. The van der Waals surface area contributed by atoms with Crippen molar-refractivity contribution in [3.8, 4) is 0 Å². The number of thiazole rings is 1. The summed E-state index contributed by atoms with van der Waals surface area (Å²) >= 11 is 2.79. The first kappa shape index (κ1) is 21.6. The minimum Gasteiger partial charge on any atom is -0.468 e. The summed E-state index contributed by atoms with van der Waals surface area (Å²) in [7, 11) is 1.36. The molecule has 1 saturated heterocycles. The van der Waals surface area contributed by atoms with Crippen molar-refractivity contribution < 1.29 is 19.1 Å². The monoisotopic (exact) mass is 435 g/mol. The van der Waals surface area contributed by atoms with Gasteiger partial charge in [-0.3, -0.25) is 14.4 Å². The molecule has 2 heterocycles. The van der Waals surface area contributed by atoms with Crippen molar-refractivity contribution >= 4 is 56.8 Å². The van der Waals surface area contributed by atoms with Crippen LogP contribution >= 0.6 is 23.1 Å². The Labute approximate surface area is 178 Å². The van der Waals surface area contributed by atoms with E-state index in [-0.39, 0.29) is 23.5 Å². The van der Waals surface area contributed by atoms with Gasteiger partial charge in [0.15, 0.2) is 4.34 Å². The molecule has 156 valence electrons. The Kier molecular flexibility index (Phi) is 6.48. The molecule has 1 aromatic carbocycles. The summed E-state index contributed by atoms with van der Waals surface area (Å²) in [6.07, 6.45) is 1.50. The van der Waals surface area contributed by atoms with Gasteiger partial charge in [-0.2, -0.15) is 0 Å². The van der Waals surface area contributed by atoms with Crippen molar-refractivity contribution in [2.24, 2.45) is 5.41 Å². The van der Waals surface area contributed by atoms with Crippen LogP contribution in [-0.2, 0) is 19.1 Å². The van der Waals surface area contributed by atoms with Crippen LogP contribution in [0.15, 0.2) is 22.5 Å². The van der Waals surface area contributed by atoms with E-state index in [0.717, 1.165) is 21.0 Å². The van der Waals surface area contributed by atoms with Crippen LogP contribution in [0.5, 0.6) is 0 Å². The van der Waals surface area contributed by atoms with Crippen LogP contribution in [0.25, 0.3) is 10.2 Å². The summed E-state index contributed by atoms with van der Waals surface area (Å²) in [4.78, 5) is 43.0. The van der Waals surface area contributed by atoms with Gasteiger partial charge in [-0.15, -0.1) is 11.3 Å². The molecule has 0 saturated carbocycles. The second-order valence-corrected chi connectivity index (χ2v) is 10.2. The quantitative estimate of drug-likeness (QED) is 0.571. The van der Waals surface area contributed by atoms with Crippen molar-refractivity contribution in [1.29, 1.82) is 0 Å². The number of likely N-dealkylation sites (tertiary alicyclic amines) is 1. The number of methoxy groups -OCH3 is 1. The molecular weight excluding hydrogens is 410 g/mol. The zero-order chi connectivity index (χ0) is 21.2. The minimum absolute atomic E-state index is 0.000307. The SMILES string of the molecule is COC(=O)CSc1nc2ccc(NC(=O)C3CCCN3C(=O)C(C)(C)C)cc2s1. The van der Waals surface area contributed by atoms with E-state index in [1.165, 1.54) is 30.2 Å². The molecule has 1 unspecified atom stereocenters. The third-order valence-corrected chi connectivity index (χ3v) is 6.77. The van der Waals surface area contributed by atoms with Gasteiger partial charge in [-0.1, -0.05) is 32.5 Å². The highest BCUT2D eigenvalue weighted by Crippen LogP contribution is 2.32. The number of nitrogens with one attached hydrogen (secondary N) is 1. The Balaban J connectivity index is 1.70. The molecule has 0 aliphatic carbocycles. The normalized spacial score (nSPS) is 16.8. The van der Waals surface area contributed by atoms with E-state index in [0.29, 0.717) is 18.7 Å². The van der Waals surface area contributed by atoms with Gasteiger partial charge in [0.25, 0.3) is 0 Å². The highest BCUT2D eigenvalue weighted by Gasteiger charge is 2.38. The number of thioether (sulfide) groups is 1. The average molecular weight is 436 g/mol. The Morgan fingerprint density at radius 1 is 1.34 bits per heavy atom. The number of carbonyl (C=O) groups is 3. The Morgan fingerprint density at radius 3 is 2.79 bits per heavy atom. The molecule has 2 amide bonds. The number of aromatic nitrogens is 1. The summed E-state index contributed by atoms with van der Waals surface area (Å²) in [5.74, 6) is -0.253. The third kappa shape index (κ3) is 5.08.